The largest absolute Gasteiger partial charge is 0.360 e. The third kappa shape index (κ3) is 3.87. The van der Waals surface area contributed by atoms with Crippen LogP contribution < -0.4 is 4.72 Å². The number of para-hydroxylation sites is 1. The van der Waals surface area contributed by atoms with Crippen molar-refractivity contribution in [1.82, 2.24) is 0 Å². The van der Waals surface area contributed by atoms with Gasteiger partial charge in [0, 0.05) is 0 Å². The lowest BCUT2D eigenvalue weighted by Gasteiger charge is -2.07. The highest BCUT2D eigenvalue weighted by Crippen LogP contribution is 2.10. The molecule has 0 saturated carbocycles. The molecule has 0 aliphatic carbocycles. The molecule has 2 rings (SSSR count). The number of benzene rings is 2. The van der Waals surface area contributed by atoms with Crippen LogP contribution in [0.3, 0.4) is 0 Å². The molecule has 0 saturated heterocycles. The number of rotatable bonds is 5. The van der Waals surface area contributed by atoms with Crippen LogP contribution in [0.1, 0.15) is 5.56 Å². The first-order valence-corrected chi connectivity index (χ1v) is 6.83. The Bertz CT molecular complexity index is 582. The molecule has 0 spiro atoms. The van der Waals surface area contributed by atoms with Gasteiger partial charge in [-0.15, -0.1) is 0 Å². The fourth-order valence-electron chi connectivity index (χ4n) is 1.40. The standard InChI is InChI=1S/C13H13NO3S/c15-18(16,14-13-9-5-2-6-10-13)17-11-12-7-3-1-4-8-12/h1-10,14H,11H2. The van der Waals surface area contributed by atoms with Crippen molar-refractivity contribution in [1.29, 1.82) is 0 Å². The molecule has 0 radical (unpaired) electrons. The average molecular weight is 263 g/mol. The molecule has 0 fully saturated rings. The number of hydrogen-bond acceptors (Lipinski definition) is 3. The van der Waals surface area contributed by atoms with Gasteiger partial charge in [-0.3, -0.25) is 4.72 Å². The van der Waals surface area contributed by atoms with E-state index in [0.29, 0.717) is 5.69 Å². The van der Waals surface area contributed by atoms with Gasteiger partial charge in [-0.2, -0.15) is 8.42 Å². The van der Waals surface area contributed by atoms with Gasteiger partial charge in [0.1, 0.15) is 0 Å². The first-order chi connectivity index (χ1) is 8.66. The van der Waals surface area contributed by atoms with Crippen molar-refractivity contribution in [3.05, 3.63) is 66.2 Å². The van der Waals surface area contributed by atoms with E-state index >= 15 is 0 Å². The van der Waals surface area contributed by atoms with E-state index in [9.17, 15) is 8.42 Å². The van der Waals surface area contributed by atoms with Gasteiger partial charge in [0.2, 0.25) is 0 Å². The maximum absolute atomic E-state index is 11.6. The molecular weight excluding hydrogens is 250 g/mol. The van der Waals surface area contributed by atoms with Crippen molar-refractivity contribution >= 4 is 16.0 Å². The normalized spacial score (nSPS) is 11.1. The van der Waals surface area contributed by atoms with E-state index < -0.39 is 10.3 Å². The lowest BCUT2D eigenvalue weighted by atomic mass is 10.2. The Morgan fingerprint density at radius 1 is 0.889 bits per heavy atom. The van der Waals surface area contributed by atoms with Crippen LogP contribution in [0.5, 0.6) is 0 Å². The number of hydrogen-bond donors (Lipinski definition) is 1. The smallest absolute Gasteiger partial charge is 0.261 e. The van der Waals surface area contributed by atoms with Gasteiger partial charge in [-0.05, 0) is 17.7 Å². The van der Waals surface area contributed by atoms with E-state index in [0.717, 1.165) is 5.56 Å². The molecule has 0 aliphatic rings. The molecule has 1 N–H and O–H groups in total. The van der Waals surface area contributed by atoms with E-state index in [2.05, 4.69) is 4.72 Å². The zero-order valence-corrected chi connectivity index (χ0v) is 10.4. The van der Waals surface area contributed by atoms with Crippen LogP contribution in [0.2, 0.25) is 0 Å². The summed E-state index contributed by atoms with van der Waals surface area (Å²) in [5.74, 6) is 0. The molecule has 0 amide bonds. The lowest BCUT2D eigenvalue weighted by molar-refractivity contribution is 0.311. The summed E-state index contributed by atoms with van der Waals surface area (Å²) in [6.45, 7) is 0.0169. The second-order valence-corrected chi connectivity index (χ2v) is 5.02. The number of nitrogens with one attached hydrogen (secondary N) is 1. The molecule has 0 aromatic heterocycles. The fourth-order valence-corrected chi connectivity index (χ4v) is 2.17. The van der Waals surface area contributed by atoms with Gasteiger partial charge >= 0.3 is 10.3 Å². The van der Waals surface area contributed by atoms with Crippen molar-refractivity contribution in [3.63, 3.8) is 0 Å². The van der Waals surface area contributed by atoms with Gasteiger partial charge in [0.15, 0.2) is 0 Å². The summed E-state index contributed by atoms with van der Waals surface area (Å²) >= 11 is 0. The van der Waals surface area contributed by atoms with E-state index in [-0.39, 0.29) is 6.61 Å². The Balaban J connectivity index is 1.96. The Morgan fingerprint density at radius 3 is 2.06 bits per heavy atom. The van der Waals surface area contributed by atoms with Crippen LogP contribution in [0.4, 0.5) is 5.69 Å². The van der Waals surface area contributed by atoms with Gasteiger partial charge in [0.25, 0.3) is 0 Å². The molecule has 0 unspecified atom stereocenters. The van der Waals surface area contributed by atoms with Crippen molar-refractivity contribution in [3.8, 4) is 0 Å². The third-order valence-electron chi connectivity index (χ3n) is 2.24. The fraction of sp³-hybridized carbons (Fsp3) is 0.0769. The maximum Gasteiger partial charge on any atom is 0.360 e. The zero-order chi connectivity index (χ0) is 12.8. The molecule has 2 aromatic carbocycles. The average Bonchev–Trinajstić information content (AvgIpc) is 2.38. The van der Waals surface area contributed by atoms with Crippen LogP contribution in [-0.4, -0.2) is 8.42 Å². The summed E-state index contributed by atoms with van der Waals surface area (Å²) in [6.07, 6.45) is 0. The molecule has 5 heteroatoms. The second kappa shape index (κ2) is 5.66. The maximum atomic E-state index is 11.6. The lowest BCUT2D eigenvalue weighted by Crippen LogP contribution is -2.15. The van der Waals surface area contributed by atoms with E-state index in [4.69, 9.17) is 4.18 Å². The first-order valence-electron chi connectivity index (χ1n) is 5.42. The predicted octanol–water partition coefficient (Wildman–Crippen LogP) is 2.56. The van der Waals surface area contributed by atoms with Crippen molar-refractivity contribution in [2.24, 2.45) is 0 Å². The minimum Gasteiger partial charge on any atom is -0.261 e. The monoisotopic (exact) mass is 263 g/mol. The zero-order valence-electron chi connectivity index (χ0n) is 9.61. The molecule has 0 heterocycles. The summed E-state index contributed by atoms with van der Waals surface area (Å²) in [5.41, 5.74) is 1.28. The van der Waals surface area contributed by atoms with Gasteiger partial charge in [0.05, 0.1) is 12.3 Å². The second-order valence-electron chi connectivity index (χ2n) is 3.67. The summed E-state index contributed by atoms with van der Waals surface area (Å²) in [4.78, 5) is 0. The molecule has 4 nitrogen and oxygen atoms in total. The van der Waals surface area contributed by atoms with Crippen molar-refractivity contribution in [2.45, 2.75) is 6.61 Å². The van der Waals surface area contributed by atoms with Crippen molar-refractivity contribution < 1.29 is 12.6 Å². The van der Waals surface area contributed by atoms with Crippen LogP contribution in [0.15, 0.2) is 60.7 Å². The predicted molar refractivity (Wildman–Crippen MR) is 70.2 cm³/mol. The summed E-state index contributed by atoms with van der Waals surface area (Å²) in [5, 5.41) is 0. The van der Waals surface area contributed by atoms with Crippen molar-refractivity contribution in [2.75, 3.05) is 4.72 Å². The van der Waals surface area contributed by atoms with Gasteiger partial charge in [-0.25, -0.2) is 4.18 Å². The Hall–Kier alpha value is -1.85. The van der Waals surface area contributed by atoms with Crippen LogP contribution >= 0.6 is 0 Å². The summed E-state index contributed by atoms with van der Waals surface area (Å²) in [7, 11) is -3.78. The minimum atomic E-state index is -3.78. The molecule has 0 atom stereocenters. The van der Waals surface area contributed by atoms with Gasteiger partial charge < -0.3 is 0 Å². The van der Waals surface area contributed by atoms with E-state index in [1.54, 1.807) is 36.4 Å². The molecule has 94 valence electrons. The van der Waals surface area contributed by atoms with Crippen LogP contribution in [-0.2, 0) is 21.1 Å². The Kier molecular flexibility index (Phi) is 3.96. The first kappa shape index (κ1) is 12.6. The molecule has 2 aromatic rings. The highest BCUT2D eigenvalue weighted by molar-refractivity contribution is 7.88. The third-order valence-corrected chi connectivity index (χ3v) is 3.15. The SMILES string of the molecule is O=S(=O)(Nc1ccccc1)OCc1ccccc1. The van der Waals surface area contributed by atoms with Gasteiger partial charge in [-0.1, -0.05) is 48.5 Å². The van der Waals surface area contributed by atoms with Crippen LogP contribution in [0.25, 0.3) is 0 Å². The quantitative estimate of drug-likeness (QED) is 0.902. The molecule has 0 bridgehead atoms. The highest BCUT2D eigenvalue weighted by Gasteiger charge is 2.10. The Morgan fingerprint density at radius 2 is 1.44 bits per heavy atom. The topological polar surface area (TPSA) is 55.4 Å². The summed E-state index contributed by atoms with van der Waals surface area (Å²) in [6, 6.07) is 17.7. The minimum absolute atomic E-state index is 0.0169. The molecule has 18 heavy (non-hydrogen) atoms. The van der Waals surface area contributed by atoms with E-state index in [1.165, 1.54) is 0 Å². The summed E-state index contributed by atoms with van der Waals surface area (Å²) < 4.78 is 30.5. The Labute approximate surface area is 106 Å². The molecular formula is C13H13NO3S. The van der Waals surface area contributed by atoms with Crippen LogP contribution in [0, 0.1) is 0 Å². The highest BCUT2D eigenvalue weighted by atomic mass is 32.2. The van der Waals surface area contributed by atoms with E-state index in [1.807, 2.05) is 24.3 Å². The number of anilines is 1. The molecule has 0 aliphatic heterocycles.